The van der Waals surface area contributed by atoms with E-state index in [9.17, 15) is 10.2 Å². The fourth-order valence-corrected chi connectivity index (χ4v) is 10.3. The molecule has 11 rings (SSSR count). The first kappa shape index (κ1) is 90.0. The van der Waals surface area contributed by atoms with Crippen molar-refractivity contribution in [1.29, 1.82) is 0 Å². The Balaban J connectivity index is 0.000000589. The van der Waals surface area contributed by atoms with Crippen molar-refractivity contribution in [3.05, 3.63) is 286 Å². The van der Waals surface area contributed by atoms with E-state index in [4.69, 9.17) is 35.4 Å². The Kier molecular flexibility index (Phi) is 42.2. The number of benzene rings is 7. The zero-order chi connectivity index (χ0) is 69.7. The molecule has 4 heterocycles. The number of aromatic nitrogens is 4. The number of rotatable bonds is 11. The van der Waals surface area contributed by atoms with Crippen molar-refractivity contribution in [2.75, 3.05) is 0 Å². The van der Waals surface area contributed by atoms with Crippen LogP contribution in [0.5, 0.6) is 0 Å². The van der Waals surface area contributed by atoms with Crippen LogP contribution in [0, 0.1) is 91.5 Å². The van der Waals surface area contributed by atoms with Crippen molar-refractivity contribution in [2.45, 2.75) is 142 Å². The second-order valence-electron chi connectivity index (χ2n) is 24.9. The van der Waals surface area contributed by atoms with Crippen LogP contribution >= 0.6 is 0 Å². The molecule has 0 aliphatic heterocycles. The van der Waals surface area contributed by atoms with Gasteiger partial charge in [-0.1, -0.05) is 166 Å². The number of allylic oxidation sites excluding steroid dienone is 3. The number of aliphatic hydroxyl groups excluding tert-OH is 6. The van der Waals surface area contributed by atoms with E-state index in [0.29, 0.717) is 30.4 Å². The maximum atomic E-state index is 9.47. The van der Waals surface area contributed by atoms with E-state index in [1.807, 2.05) is 86.8 Å². The van der Waals surface area contributed by atoms with Crippen molar-refractivity contribution < 1.29 is 111 Å². The van der Waals surface area contributed by atoms with Crippen molar-refractivity contribution >= 4 is 32.7 Å². The quantitative estimate of drug-likeness (QED) is 0.0541. The second-order valence-corrected chi connectivity index (χ2v) is 24.9. The number of hydrogen-bond acceptors (Lipinski definition) is 10. The molecule has 532 valence electrons. The van der Waals surface area contributed by atoms with Gasteiger partial charge in [0.2, 0.25) is 0 Å². The molecule has 0 aliphatic carbocycles. The van der Waals surface area contributed by atoms with Crippen LogP contribution in [-0.2, 0) is 80.4 Å². The Morgan fingerprint density at radius 2 is 0.838 bits per heavy atom. The molecule has 4 radical (unpaired) electrons. The van der Waals surface area contributed by atoms with Gasteiger partial charge in [-0.3, -0.25) is 15.0 Å². The van der Waals surface area contributed by atoms with E-state index < -0.39 is 18.3 Å². The number of aliphatic hydroxyl groups is 6. The van der Waals surface area contributed by atoms with Gasteiger partial charge in [0.25, 0.3) is 0 Å². The second kappa shape index (κ2) is 46.4. The number of fused-ring (bicyclic) bond motifs is 3. The molecule has 11 aromatic rings. The largest absolute Gasteiger partial charge is 0.513 e. The summed E-state index contributed by atoms with van der Waals surface area (Å²) in [4.78, 5) is 18.5. The van der Waals surface area contributed by atoms with Crippen molar-refractivity contribution in [1.82, 2.24) is 19.9 Å². The Morgan fingerprint density at radius 3 is 1.22 bits per heavy atom. The maximum absolute atomic E-state index is 9.47. The summed E-state index contributed by atoms with van der Waals surface area (Å²) in [5, 5.41) is 56.3. The number of aryl methyl sites for hydroxylation is 8. The van der Waals surface area contributed by atoms with Gasteiger partial charge in [0, 0.05) is 98.4 Å². The van der Waals surface area contributed by atoms with Gasteiger partial charge in [-0.05, 0) is 141 Å². The standard InChI is InChI=1S/C18H16N.2C17H14N.C12H10N.C11H22O2.2C5H10O2.4Ir/c1-12-9-13(2)11-15(10-12)17-8-7-16-14(3)5-4-6-18(16)19-17;2*1-12-9-13(2)11-15(10-12)17-8-7-14-5-3-4-6-16(14)18-17;1-10-6-5-9-13-12(10)11-7-3-2-4-8-11;1-8(2)5-10(12)7-11(13)6-9(3)4;2*1-4(6)3-5(2)7;;;;/h4-10H,1-3H3;2*3-10H,1-2H3;2-7,9H,1H3;7-10,12-13H,5-6H2,1-4H3;2*3-4,6-7H,1-2H3;;;;/q4*-1;;;;;;;. The molecule has 6 N–H and O–H groups in total. The van der Waals surface area contributed by atoms with E-state index in [1.54, 1.807) is 19.9 Å². The average molecular weight is 2040 g/mol. The summed E-state index contributed by atoms with van der Waals surface area (Å²) in [6, 6.07) is 73.1. The number of pyridine rings is 4. The Hall–Kier alpha value is -6.98. The van der Waals surface area contributed by atoms with Crippen LogP contribution in [0.25, 0.3) is 77.7 Å². The molecule has 14 heteroatoms. The average Bonchev–Trinajstić information content (AvgIpc) is 0.828. The van der Waals surface area contributed by atoms with E-state index in [-0.39, 0.29) is 91.9 Å². The topological polar surface area (TPSA) is 173 Å². The van der Waals surface area contributed by atoms with Gasteiger partial charge < -0.3 is 35.6 Å². The predicted octanol–water partition coefficient (Wildman–Crippen LogP) is 20.7. The van der Waals surface area contributed by atoms with E-state index in [1.165, 1.54) is 70.0 Å². The van der Waals surface area contributed by atoms with Crippen LogP contribution in [0.4, 0.5) is 0 Å². The monoisotopic (exact) mass is 2040 g/mol. The van der Waals surface area contributed by atoms with Crippen molar-refractivity contribution in [3.8, 4) is 45.0 Å². The Bertz CT molecular complexity index is 4090. The van der Waals surface area contributed by atoms with Crippen molar-refractivity contribution in [3.63, 3.8) is 0 Å². The Labute approximate surface area is 643 Å². The molecule has 3 unspecified atom stereocenters. The summed E-state index contributed by atoms with van der Waals surface area (Å²) in [6.45, 7) is 31.1. The van der Waals surface area contributed by atoms with Gasteiger partial charge in [-0.2, -0.15) is 0 Å². The molecule has 0 spiro atoms. The van der Waals surface area contributed by atoms with Gasteiger partial charge in [-0.15, -0.1) is 141 Å². The third-order valence-corrected chi connectivity index (χ3v) is 14.1. The summed E-state index contributed by atoms with van der Waals surface area (Å²) in [5.41, 5.74) is 21.0. The first-order chi connectivity index (χ1) is 45.1. The SMILES string of the molecule is CC(C)CC(O)=CC(O)CC(C)C.CC(O)=CC(C)O.CC(O)=CC(C)O.Cc1[c-]c(-c2ccc3c(C)cccc3n2)cc(C)c1.Cc1[c-]c(-c2ccc3ccccc3n2)cc(C)c1.Cc1[c-]c(-c2ccc3ccccc3n2)cc(C)c1.Cc1cccnc1-c1[c-]cccc1.[Ir].[Ir].[Ir].[Ir]. The summed E-state index contributed by atoms with van der Waals surface area (Å²) in [6.07, 6.45) is 5.87. The summed E-state index contributed by atoms with van der Waals surface area (Å²) in [5.74, 6) is 1.52. The number of nitrogens with zero attached hydrogens (tertiary/aromatic N) is 4. The molecule has 0 amide bonds. The molecule has 0 fully saturated rings. The molecule has 99 heavy (non-hydrogen) atoms. The Morgan fingerprint density at radius 1 is 0.424 bits per heavy atom. The first-order valence-electron chi connectivity index (χ1n) is 32.3. The first-order valence-corrected chi connectivity index (χ1v) is 32.3. The predicted molar refractivity (Wildman–Crippen MR) is 396 cm³/mol. The van der Waals surface area contributed by atoms with E-state index in [0.717, 1.165) is 78.3 Å². The minimum Gasteiger partial charge on any atom is -0.513 e. The van der Waals surface area contributed by atoms with Gasteiger partial charge in [-0.25, -0.2) is 0 Å². The molecule has 0 saturated carbocycles. The fraction of sp³-hybridized carbons (Fsp3) is 0.271. The molecule has 4 aromatic heterocycles. The minimum absolute atomic E-state index is 0. The third-order valence-electron chi connectivity index (χ3n) is 14.1. The van der Waals surface area contributed by atoms with Gasteiger partial charge in [0.05, 0.1) is 52.1 Å². The van der Waals surface area contributed by atoms with Gasteiger partial charge in [0.15, 0.2) is 0 Å². The molecular weight excluding hydrogens is 1940 g/mol. The van der Waals surface area contributed by atoms with Gasteiger partial charge >= 0.3 is 0 Å². The van der Waals surface area contributed by atoms with Crippen LogP contribution in [0.15, 0.2) is 218 Å². The molecule has 0 bridgehead atoms. The van der Waals surface area contributed by atoms with E-state index in [2.05, 4.69) is 208 Å². The van der Waals surface area contributed by atoms with Crippen LogP contribution in [0.3, 0.4) is 0 Å². The van der Waals surface area contributed by atoms with E-state index >= 15 is 0 Å². The molecule has 7 aromatic carbocycles. The van der Waals surface area contributed by atoms with Crippen LogP contribution in [0.2, 0.25) is 0 Å². The van der Waals surface area contributed by atoms with Crippen LogP contribution in [-0.4, -0.2) is 68.9 Å². The molecule has 0 aliphatic rings. The minimum atomic E-state index is -0.537. The normalized spacial score (nSPS) is 11.7. The zero-order valence-corrected chi connectivity index (χ0v) is 69.2. The van der Waals surface area contributed by atoms with Crippen LogP contribution in [0.1, 0.15) is 113 Å². The van der Waals surface area contributed by atoms with Gasteiger partial charge in [0.1, 0.15) is 0 Å². The maximum Gasteiger partial charge on any atom is 0.0911 e. The molecular formula is C85H96Ir4N4O6-4. The van der Waals surface area contributed by atoms with Crippen molar-refractivity contribution in [2.24, 2.45) is 11.8 Å². The number of hydrogen-bond donors (Lipinski definition) is 6. The molecule has 3 atom stereocenters. The molecule has 10 nitrogen and oxygen atoms in total. The van der Waals surface area contributed by atoms with Crippen LogP contribution < -0.4 is 0 Å². The smallest absolute Gasteiger partial charge is 0.0911 e. The fourth-order valence-electron chi connectivity index (χ4n) is 10.3. The third kappa shape index (κ3) is 33.4. The number of para-hydroxylation sites is 2. The summed E-state index contributed by atoms with van der Waals surface area (Å²) < 4.78 is 0. The zero-order valence-electron chi connectivity index (χ0n) is 59.7. The molecule has 0 saturated heterocycles. The summed E-state index contributed by atoms with van der Waals surface area (Å²) >= 11 is 0. The summed E-state index contributed by atoms with van der Waals surface area (Å²) in [7, 11) is 0.